The van der Waals surface area contributed by atoms with E-state index in [9.17, 15) is 4.79 Å². The van der Waals surface area contributed by atoms with Crippen LogP contribution in [0.2, 0.25) is 0 Å². The molecule has 6 heteroatoms. The Morgan fingerprint density at radius 1 is 1.41 bits per heavy atom. The molecular weight excluding hydrogens is 254 g/mol. The fraction of sp³-hybridized carbons (Fsp3) is 0.182. The standard InChI is InChI=1S/C11H9N3OS2/c12-9(15)7-5-16-10(14-7)11-13-6-3-1-2-4-8(6)17-11/h1-4,7H,5H2,(H2,12,15)/p+1. The summed E-state index contributed by atoms with van der Waals surface area (Å²) < 4.78 is 1.15. The lowest BCUT2D eigenvalue weighted by Gasteiger charge is -1.91. The van der Waals surface area contributed by atoms with Crippen LogP contribution in [-0.4, -0.2) is 27.7 Å². The van der Waals surface area contributed by atoms with Crippen molar-refractivity contribution in [3.63, 3.8) is 0 Å². The molecule has 2 aromatic rings. The number of fused-ring (bicyclic) bond motifs is 1. The first-order chi connectivity index (χ1) is 8.24. The summed E-state index contributed by atoms with van der Waals surface area (Å²) in [7, 11) is 0. The molecule has 0 radical (unpaired) electrons. The Hall–Kier alpha value is -1.24. The lowest BCUT2D eigenvalue weighted by molar-refractivity contribution is -0.306. The van der Waals surface area contributed by atoms with Gasteiger partial charge in [-0.3, -0.25) is 10.7 Å². The van der Waals surface area contributed by atoms with Crippen molar-refractivity contribution in [2.75, 3.05) is 5.75 Å². The highest BCUT2D eigenvalue weighted by molar-refractivity contribution is 8.15. The van der Waals surface area contributed by atoms with Crippen LogP contribution in [0.5, 0.6) is 0 Å². The average molecular weight is 264 g/mol. The van der Waals surface area contributed by atoms with Crippen LogP contribution in [0.25, 0.3) is 10.2 Å². The summed E-state index contributed by atoms with van der Waals surface area (Å²) in [6.07, 6.45) is 0. The lowest BCUT2D eigenvalue weighted by Crippen LogP contribution is -2.62. The highest BCUT2D eigenvalue weighted by atomic mass is 32.2. The van der Waals surface area contributed by atoms with Crippen LogP contribution in [0.3, 0.4) is 0 Å². The van der Waals surface area contributed by atoms with Crippen LogP contribution in [0.1, 0.15) is 5.01 Å². The van der Waals surface area contributed by atoms with Crippen molar-refractivity contribution in [1.82, 2.24) is 4.98 Å². The van der Waals surface area contributed by atoms with Crippen molar-refractivity contribution in [3.8, 4) is 0 Å². The van der Waals surface area contributed by atoms with Gasteiger partial charge in [-0.1, -0.05) is 12.1 Å². The van der Waals surface area contributed by atoms with Gasteiger partial charge in [-0.05, 0) is 12.1 Å². The number of hydrogen-bond acceptors (Lipinski definition) is 5. The van der Waals surface area contributed by atoms with Gasteiger partial charge in [-0.2, -0.15) is 0 Å². The second-order valence-corrected chi connectivity index (χ2v) is 5.75. The number of quaternary nitrogens is 1. The van der Waals surface area contributed by atoms with Gasteiger partial charge in [0.2, 0.25) is 0 Å². The quantitative estimate of drug-likeness (QED) is 0.877. The molecule has 0 spiro atoms. The molecular formula is C11H10N3OS2+. The molecule has 1 aromatic carbocycles. The molecule has 2 heterocycles. The molecule has 86 valence electrons. The maximum atomic E-state index is 11.1. The third-order valence-corrected chi connectivity index (χ3v) is 4.73. The molecule has 0 aliphatic carbocycles. The summed E-state index contributed by atoms with van der Waals surface area (Å²) in [5.41, 5.74) is 4.40. The van der Waals surface area contributed by atoms with Gasteiger partial charge in [-0.15, -0.1) is 23.1 Å². The first-order valence-electron chi connectivity index (χ1n) is 5.16. The number of para-hydroxylation sites is 1. The SMILES string of the molecule is [NH3+]C(=O)C1CSC(c2nc3ccccc3s2)=N1. The van der Waals surface area contributed by atoms with Gasteiger partial charge >= 0.3 is 5.91 Å². The van der Waals surface area contributed by atoms with Crippen molar-refractivity contribution in [1.29, 1.82) is 0 Å². The zero-order valence-electron chi connectivity index (χ0n) is 8.92. The van der Waals surface area contributed by atoms with Gasteiger partial charge in [0.1, 0.15) is 10.1 Å². The molecule has 0 fully saturated rings. The number of carbonyl (C=O) groups is 1. The first-order valence-corrected chi connectivity index (χ1v) is 6.96. The fourth-order valence-corrected chi connectivity index (χ4v) is 3.73. The van der Waals surface area contributed by atoms with Crippen LogP contribution in [0.15, 0.2) is 29.3 Å². The van der Waals surface area contributed by atoms with Crippen molar-refractivity contribution in [2.24, 2.45) is 4.99 Å². The Morgan fingerprint density at radius 3 is 2.94 bits per heavy atom. The zero-order valence-corrected chi connectivity index (χ0v) is 10.6. The van der Waals surface area contributed by atoms with E-state index >= 15 is 0 Å². The van der Waals surface area contributed by atoms with E-state index in [-0.39, 0.29) is 11.9 Å². The van der Waals surface area contributed by atoms with Crippen molar-refractivity contribution < 1.29 is 10.5 Å². The third-order valence-electron chi connectivity index (χ3n) is 2.50. The number of rotatable bonds is 2. The molecule has 3 rings (SSSR count). The summed E-state index contributed by atoms with van der Waals surface area (Å²) in [6.45, 7) is 0. The number of thioether (sulfide) groups is 1. The monoisotopic (exact) mass is 264 g/mol. The van der Waals surface area contributed by atoms with Crippen molar-refractivity contribution in [3.05, 3.63) is 29.3 Å². The number of amides is 1. The summed E-state index contributed by atoms with van der Waals surface area (Å²) in [5.74, 6) is 0.571. The number of aliphatic imine (C=N–C) groups is 1. The van der Waals surface area contributed by atoms with Crippen LogP contribution in [-0.2, 0) is 4.79 Å². The fourth-order valence-electron chi connectivity index (χ4n) is 1.62. The highest BCUT2D eigenvalue weighted by Gasteiger charge is 2.27. The number of benzene rings is 1. The van der Waals surface area contributed by atoms with E-state index < -0.39 is 0 Å². The van der Waals surface area contributed by atoms with E-state index in [1.807, 2.05) is 24.3 Å². The van der Waals surface area contributed by atoms with Crippen LogP contribution < -0.4 is 5.73 Å². The maximum absolute atomic E-state index is 11.1. The van der Waals surface area contributed by atoms with Crippen molar-refractivity contribution in [2.45, 2.75) is 6.04 Å². The molecule has 0 bridgehead atoms. The summed E-state index contributed by atoms with van der Waals surface area (Å²) in [5, 5.41) is 1.77. The topological polar surface area (TPSA) is 70.0 Å². The number of hydrogen-bond donors (Lipinski definition) is 1. The number of thiazole rings is 1. The largest absolute Gasteiger partial charge is 0.334 e. The van der Waals surface area contributed by atoms with E-state index in [1.54, 1.807) is 23.1 Å². The van der Waals surface area contributed by atoms with Crippen molar-refractivity contribution >= 4 is 44.3 Å². The Bertz CT molecular complexity index is 587. The van der Waals surface area contributed by atoms with Gasteiger partial charge in [-0.25, -0.2) is 9.78 Å². The number of nitrogens with zero attached hydrogens (tertiary/aromatic N) is 2. The Morgan fingerprint density at radius 2 is 2.24 bits per heavy atom. The summed E-state index contributed by atoms with van der Waals surface area (Å²) in [4.78, 5) is 20.0. The molecule has 1 atom stereocenters. The van der Waals surface area contributed by atoms with Crippen LogP contribution >= 0.6 is 23.1 Å². The predicted molar refractivity (Wildman–Crippen MR) is 70.3 cm³/mol. The number of aromatic nitrogens is 1. The molecule has 0 saturated heterocycles. The minimum Gasteiger partial charge on any atom is -0.293 e. The van der Waals surface area contributed by atoms with Crippen LogP contribution in [0, 0.1) is 0 Å². The van der Waals surface area contributed by atoms with Gasteiger partial charge in [0, 0.05) is 5.75 Å². The smallest absolute Gasteiger partial charge is 0.293 e. The molecule has 0 saturated carbocycles. The second kappa shape index (κ2) is 4.21. The molecule has 1 aliphatic heterocycles. The Balaban J connectivity index is 1.99. The molecule has 1 unspecified atom stereocenters. The highest BCUT2D eigenvalue weighted by Crippen LogP contribution is 2.29. The van der Waals surface area contributed by atoms with Gasteiger partial charge in [0.15, 0.2) is 6.04 Å². The van der Waals surface area contributed by atoms with Gasteiger partial charge in [0.05, 0.1) is 10.2 Å². The van der Waals surface area contributed by atoms with E-state index in [2.05, 4.69) is 15.7 Å². The maximum Gasteiger partial charge on any atom is 0.334 e. The normalized spacial score (nSPS) is 19.6. The molecule has 1 aromatic heterocycles. The van der Waals surface area contributed by atoms with E-state index in [1.165, 1.54) is 0 Å². The van der Waals surface area contributed by atoms with E-state index in [4.69, 9.17) is 0 Å². The lowest BCUT2D eigenvalue weighted by atomic mass is 10.3. The minimum absolute atomic E-state index is 0.117. The predicted octanol–water partition coefficient (Wildman–Crippen LogP) is 0.927. The zero-order chi connectivity index (χ0) is 11.8. The third kappa shape index (κ3) is 1.99. The van der Waals surface area contributed by atoms with Crippen LogP contribution in [0.4, 0.5) is 0 Å². The second-order valence-electron chi connectivity index (χ2n) is 3.71. The Labute approximate surface area is 106 Å². The summed E-state index contributed by atoms with van der Waals surface area (Å²) >= 11 is 3.20. The molecule has 17 heavy (non-hydrogen) atoms. The molecule has 1 aliphatic rings. The number of carbonyl (C=O) groups excluding carboxylic acids is 1. The molecule has 3 N–H and O–H groups in total. The first kappa shape index (κ1) is 10.9. The van der Waals surface area contributed by atoms with Gasteiger partial charge in [0.25, 0.3) is 0 Å². The minimum atomic E-state index is -0.290. The summed E-state index contributed by atoms with van der Waals surface area (Å²) in [6, 6.07) is 7.70. The van der Waals surface area contributed by atoms with Gasteiger partial charge < -0.3 is 0 Å². The Kier molecular flexibility index (Phi) is 2.70. The molecule has 4 nitrogen and oxygen atoms in total. The molecule has 1 amide bonds. The van der Waals surface area contributed by atoms with E-state index in [0.717, 1.165) is 20.3 Å². The van der Waals surface area contributed by atoms with E-state index in [0.29, 0.717) is 5.75 Å². The average Bonchev–Trinajstić information content (AvgIpc) is 2.95.